The van der Waals surface area contributed by atoms with Crippen molar-refractivity contribution in [2.75, 3.05) is 26.2 Å². The molecule has 0 aromatic heterocycles. The van der Waals surface area contributed by atoms with Gasteiger partial charge in [0.15, 0.2) is 0 Å². The molecule has 2 saturated heterocycles. The topological polar surface area (TPSA) is 56.1 Å². The van der Waals surface area contributed by atoms with Crippen LogP contribution in [0.2, 0.25) is 0 Å². The molecule has 0 aromatic carbocycles. The van der Waals surface area contributed by atoms with E-state index in [9.17, 15) is 4.79 Å². The molecule has 4 nitrogen and oxygen atoms in total. The number of piperidine rings is 1. The number of carbonyl (C=O) groups is 1. The summed E-state index contributed by atoms with van der Waals surface area (Å²) >= 11 is 0. The lowest BCUT2D eigenvalue weighted by Crippen LogP contribution is -2.38. The fraction of sp³-hybridized carbons (Fsp3) is 0.875. The molecular formula is C16H27N3O. The Morgan fingerprint density at radius 2 is 2.05 bits per heavy atom. The van der Waals surface area contributed by atoms with Crippen molar-refractivity contribution in [1.29, 1.82) is 5.26 Å². The van der Waals surface area contributed by atoms with E-state index in [1.165, 1.54) is 0 Å². The highest BCUT2D eigenvalue weighted by molar-refractivity contribution is 5.79. The number of unbranched alkanes of at least 4 members (excludes halogenated alkanes) is 1. The minimum absolute atomic E-state index is 0.231. The Bertz CT molecular complexity index is 391. The van der Waals surface area contributed by atoms with E-state index < -0.39 is 0 Å². The van der Waals surface area contributed by atoms with Crippen LogP contribution in [0.1, 0.15) is 52.4 Å². The highest BCUT2D eigenvalue weighted by Crippen LogP contribution is 2.39. The van der Waals surface area contributed by atoms with Crippen molar-refractivity contribution in [3.8, 4) is 6.07 Å². The molecule has 4 heteroatoms. The van der Waals surface area contributed by atoms with Gasteiger partial charge < -0.3 is 10.2 Å². The maximum atomic E-state index is 12.1. The van der Waals surface area contributed by atoms with Gasteiger partial charge >= 0.3 is 0 Å². The van der Waals surface area contributed by atoms with Gasteiger partial charge in [-0.15, -0.1) is 0 Å². The molecule has 2 aliphatic rings. The van der Waals surface area contributed by atoms with E-state index in [4.69, 9.17) is 5.26 Å². The maximum Gasteiger partial charge on any atom is 0.223 e. The number of carbonyl (C=O) groups excluding carboxylic acids is 1. The van der Waals surface area contributed by atoms with Gasteiger partial charge in [0.2, 0.25) is 5.91 Å². The fourth-order valence-electron chi connectivity index (χ4n) is 3.40. The average molecular weight is 277 g/mol. The zero-order chi connectivity index (χ0) is 14.6. The van der Waals surface area contributed by atoms with Gasteiger partial charge in [-0.05, 0) is 58.0 Å². The average Bonchev–Trinajstić information content (AvgIpc) is 2.72. The van der Waals surface area contributed by atoms with Crippen molar-refractivity contribution in [2.45, 2.75) is 52.4 Å². The first-order valence-corrected chi connectivity index (χ1v) is 7.86. The van der Waals surface area contributed by atoms with E-state index in [0.717, 1.165) is 64.7 Å². The Kier molecular flexibility index (Phi) is 4.70. The zero-order valence-corrected chi connectivity index (χ0v) is 12.9. The first-order chi connectivity index (χ1) is 9.46. The van der Waals surface area contributed by atoms with Crippen LogP contribution in [-0.2, 0) is 4.79 Å². The molecule has 1 spiro atoms. The molecule has 1 N–H and O–H groups in total. The molecule has 0 aliphatic carbocycles. The lowest BCUT2D eigenvalue weighted by molar-refractivity contribution is -0.127. The van der Waals surface area contributed by atoms with Crippen LogP contribution in [0, 0.1) is 22.2 Å². The Labute approximate surface area is 122 Å². The quantitative estimate of drug-likeness (QED) is 0.785. The number of likely N-dealkylation sites (tertiary alicyclic amines) is 1. The number of hydrogen-bond acceptors (Lipinski definition) is 3. The molecule has 20 heavy (non-hydrogen) atoms. The molecule has 112 valence electrons. The van der Waals surface area contributed by atoms with Crippen molar-refractivity contribution in [1.82, 2.24) is 10.2 Å². The van der Waals surface area contributed by atoms with E-state index in [0.29, 0.717) is 5.91 Å². The Balaban J connectivity index is 1.74. The summed E-state index contributed by atoms with van der Waals surface area (Å²) in [6, 6.07) is 2.34. The molecule has 0 radical (unpaired) electrons. The van der Waals surface area contributed by atoms with Crippen LogP contribution in [0.25, 0.3) is 0 Å². The number of nitrogens with zero attached hydrogens (tertiary/aromatic N) is 2. The Morgan fingerprint density at radius 1 is 1.35 bits per heavy atom. The van der Waals surface area contributed by atoms with Crippen LogP contribution >= 0.6 is 0 Å². The molecule has 0 bridgehead atoms. The minimum Gasteiger partial charge on any atom is -0.342 e. The highest BCUT2D eigenvalue weighted by atomic mass is 16.2. The number of hydrogen-bond donors (Lipinski definition) is 1. The monoisotopic (exact) mass is 277 g/mol. The largest absolute Gasteiger partial charge is 0.342 e. The van der Waals surface area contributed by atoms with Gasteiger partial charge in [0, 0.05) is 19.5 Å². The third kappa shape index (κ3) is 3.73. The summed E-state index contributed by atoms with van der Waals surface area (Å²) in [6.45, 7) is 7.90. The lowest BCUT2D eigenvalue weighted by Gasteiger charge is -2.33. The molecule has 0 atom stereocenters. The van der Waals surface area contributed by atoms with Gasteiger partial charge in [0.25, 0.3) is 0 Å². The predicted octanol–water partition coefficient (Wildman–Crippen LogP) is 2.31. The summed E-state index contributed by atoms with van der Waals surface area (Å²) in [4.78, 5) is 14.2. The van der Waals surface area contributed by atoms with Crippen LogP contribution in [0.4, 0.5) is 0 Å². The first kappa shape index (κ1) is 15.3. The predicted molar refractivity (Wildman–Crippen MR) is 79.0 cm³/mol. The van der Waals surface area contributed by atoms with Crippen LogP contribution in [0.3, 0.4) is 0 Å². The lowest BCUT2D eigenvalue weighted by atomic mass is 9.78. The minimum atomic E-state index is -0.231. The van der Waals surface area contributed by atoms with E-state index in [1.807, 2.05) is 13.8 Å². The maximum absolute atomic E-state index is 12.1. The smallest absolute Gasteiger partial charge is 0.223 e. The summed E-state index contributed by atoms with van der Waals surface area (Å²) in [5.74, 6) is 0.339. The van der Waals surface area contributed by atoms with Gasteiger partial charge in [0.1, 0.15) is 0 Å². The molecule has 0 aromatic rings. The first-order valence-electron chi connectivity index (χ1n) is 7.86. The Morgan fingerprint density at radius 3 is 2.70 bits per heavy atom. The van der Waals surface area contributed by atoms with E-state index in [2.05, 4.69) is 16.3 Å². The van der Waals surface area contributed by atoms with Crippen molar-refractivity contribution >= 4 is 5.91 Å². The van der Waals surface area contributed by atoms with Gasteiger partial charge in [-0.25, -0.2) is 0 Å². The second-order valence-corrected chi connectivity index (χ2v) is 7.19. The summed E-state index contributed by atoms with van der Waals surface area (Å²) in [7, 11) is 0. The SMILES string of the molecule is CC(C)(C#N)CCCCN1CC2(CCNCC2)CC1=O. The molecule has 2 heterocycles. The van der Waals surface area contributed by atoms with Gasteiger partial charge in [-0.1, -0.05) is 6.42 Å². The van der Waals surface area contributed by atoms with Crippen molar-refractivity contribution in [2.24, 2.45) is 10.8 Å². The van der Waals surface area contributed by atoms with Gasteiger partial charge in [0.05, 0.1) is 11.5 Å². The standard InChI is InChI=1S/C16H27N3O/c1-15(2,12-17)5-3-4-10-19-13-16(11-14(19)20)6-8-18-9-7-16/h18H,3-11,13H2,1-2H3. The van der Waals surface area contributed by atoms with Gasteiger partial charge in [-0.2, -0.15) is 5.26 Å². The fourth-order valence-corrected chi connectivity index (χ4v) is 3.40. The molecular weight excluding hydrogens is 250 g/mol. The molecule has 2 rings (SSSR count). The van der Waals surface area contributed by atoms with Crippen LogP contribution < -0.4 is 5.32 Å². The molecule has 2 fully saturated rings. The third-order valence-corrected chi connectivity index (χ3v) is 4.85. The van der Waals surface area contributed by atoms with Crippen molar-refractivity contribution < 1.29 is 4.79 Å². The van der Waals surface area contributed by atoms with E-state index in [1.54, 1.807) is 0 Å². The normalized spacial score (nSPS) is 22.2. The highest BCUT2D eigenvalue weighted by Gasteiger charge is 2.43. The summed E-state index contributed by atoms with van der Waals surface area (Å²) in [5, 5.41) is 12.4. The van der Waals surface area contributed by atoms with Crippen LogP contribution in [0.5, 0.6) is 0 Å². The zero-order valence-electron chi connectivity index (χ0n) is 12.9. The second kappa shape index (κ2) is 6.13. The van der Waals surface area contributed by atoms with Crippen LogP contribution in [-0.4, -0.2) is 37.0 Å². The van der Waals surface area contributed by atoms with Crippen molar-refractivity contribution in [3.05, 3.63) is 0 Å². The number of rotatable bonds is 5. The molecule has 0 saturated carbocycles. The number of amides is 1. The van der Waals surface area contributed by atoms with E-state index in [-0.39, 0.29) is 10.8 Å². The van der Waals surface area contributed by atoms with Crippen molar-refractivity contribution in [3.63, 3.8) is 0 Å². The molecule has 1 amide bonds. The number of nitriles is 1. The third-order valence-electron chi connectivity index (χ3n) is 4.85. The van der Waals surface area contributed by atoms with Crippen LogP contribution in [0.15, 0.2) is 0 Å². The summed E-state index contributed by atoms with van der Waals surface area (Å²) in [6.07, 6.45) is 5.98. The molecule has 0 unspecified atom stereocenters. The number of nitrogens with one attached hydrogen (secondary N) is 1. The Hall–Kier alpha value is -1.08. The van der Waals surface area contributed by atoms with E-state index >= 15 is 0 Å². The van der Waals surface area contributed by atoms with Gasteiger partial charge in [-0.3, -0.25) is 4.79 Å². The summed E-state index contributed by atoms with van der Waals surface area (Å²) in [5.41, 5.74) is 0.0273. The summed E-state index contributed by atoms with van der Waals surface area (Å²) < 4.78 is 0. The molecule has 2 aliphatic heterocycles. The second-order valence-electron chi connectivity index (χ2n) is 7.19.